The molecule has 0 saturated carbocycles. The minimum absolute atomic E-state index is 0.00329. The monoisotopic (exact) mass is 807 g/mol. The van der Waals surface area contributed by atoms with Crippen molar-refractivity contribution in [3.05, 3.63) is 85.3 Å². The Morgan fingerprint density at radius 1 is 0.679 bits per heavy atom. The van der Waals surface area contributed by atoms with E-state index >= 15 is 0 Å². The van der Waals surface area contributed by atoms with Crippen LogP contribution in [-0.2, 0) is 27.9 Å². The van der Waals surface area contributed by atoms with E-state index in [1.165, 1.54) is 70.6 Å². The molecule has 0 spiro atoms. The van der Waals surface area contributed by atoms with Crippen LogP contribution in [0.4, 0.5) is 0 Å². The highest BCUT2D eigenvalue weighted by atomic mass is 31.2. The largest absolute Gasteiger partial charge is 0.498 e. The second-order valence-corrected chi connectivity index (χ2v) is 16.7. The van der Waals surface area contributed by atoms with Crippen molar-refractivity contribution in [2.45, 2.75) is 154 Å². The molecule has 322 valence electrons. The molecule has 0 heterocycles. The molecule has 56 heavy (non-hydrogen) atoms. The predicted octanol–water partition coefficient (Wildman–Crippen LogP) is 11.8. The highest BCUT2D eigenvalue weighted by Crippen LogP contribution is 2.43. The van der Waals surface area contributed by atoms with Crippen molar-refractivity contribution in [1.82, 2.24) is 0 Å². The number of likely N-dealkylation sites (N-methyl/N-ethyl adjacent to an activating group) is 1. The number of nitrogens with zero attached hydrogens (tertiary/aromatic N) is 1. The van der Waals surface area contributed by atoms with Crippen molar-refractivity contribution >= 4 is 13.8 Å². The summed E-state index contributed by atoms with van der Waals surface area (Å²) in [6.07, 6.45) is 47.7. The van der Waals surface area contributed by atoms with Gasteiger partial charge in [0.05, 0.1) is 40.1 Å². The molecule has 0 aliphatic rings. The molecule has 3 unspecified atom stereocenters. The van der Waals surface area contributed by atoms with Gasteiger partial charge in [-0.05, 0) is 57.4 Å². The summed E-state index contributed by atoms with van der Waals surface area (Å²) in [4.78, 5) is 22.8. The number of allylic oxidation sites excluding steroid dienone is 11. The Morgan fingerprint density at radius 3 is 1.88 bits per heavy atom. The lowest BCUT2D eigenvalue weighted by atomic mass is 10.0. The van der Waals surface area contributed by atoms with E-state index in [0.29, 0.717) is 23.9 Å². The average molecular weight is 807 g/mol. The molecule has 0 fully saturated rings. The summed E-state index contributed by atoms with van der Waals surface area (Å²) in [6.45, 7) is 4.60. The smallest absolute Gasteiger partial charge is 0.472 e. The minimum atomic E-state index is -4.32. The van der Waals surface area contributed by atoms with Crippen LogP contribution in [0, 0.1) is 0 Å². The van der Waals surface area contributed by atoms with Gasteiger partial charge in [-0.2, -0.15) is 0 Å². The number of carbonyl (C=O) groups excluding carboxylic acids is 1. The van der Waals surface area contributed by atoms with E-state index in [0.717, 1.165) is 38.5 Å². The number of esters is 1. The lowest BCUT2D eigenvalue weighted by Gasteiger charge is -2.24. The van der Waals surface area contributed by atoms with Gasteiger partial charge in [-0.1, -0.05) is 157 Å². The first-order chi connectivity index (χ1) is 27.0. The first kappa shape index (κ1) is 53.5. The quantitative estimate of drug-likeness (QED) is 0.0121. The molecule has 10 heteroatoms. The first-order valence-electron chi connectivity index (χ1n) is 21.5. The molecular formula is C46H81NO8P+. The van der Waals surface area contributed by atoms with E-state index in [9.17, 15) is 19.4 Å². The summed E-state index contributed by atoms with van der Waals surface area (Å²) < 4.78 is 34.6. The van der Waals surface area contributed by atoms with Gasteiger partial charge in [0.15, 0.2) is 6.10 Å². The normalized spacial score (nSPS) is 15.1. The zero-order valence-corrected chi connectivity index (χ0v) is 36.8. The van der Waals surface area contributed by atoms with E-state index in [2.05, 4.69) is 44.2 Å². The van der Waals surface area contributed by atoms with E-state index in [1.807, 2.05) is 63.7 Å². The molecule has 0 aliphatic heterocycles. The summed E-state index contributed by atoms with van der Waals surface area (Å²) in [5.74, 6) is -0.434. The van der Waals surface area contributed by atoms with Gasteiger partial charge in [0.25, 0.3) is 0 Å². The van der Waals surface area contributed by atoms with Gasteiger partial charge in [-0.15, -0.1) is 0 Å². The molecule has 9 nitrogen and oxygen atoms in total. The summed E-state index contributed by atoms with van der Waals surface area (Å²) in [5.41, 5.74) is 0. The lowest BCUT2D eigenvalue weighted by molar-refractivity contribution is -0.870. The molecule has 2 N–H and O–H groups in total. The number of hydrogen-bond acceptors (Lipinski definition) is 7. The van der Waals surface area contributed by atoms with Gasteiger partial charge < -0.3 is 24.0 Å². The number of rotatable bonds is 38. The minimum Gasteiger partial charge on any atom is -0.498 e. The van der Waals surface area contributed by atoms with Crippen molar-refractivity contribution < 1.29 is 42.4 Å². The number of phosphoric acid groups is 1. The van der Waals surface area contributed by atoms with Crippen LogP contribution in [0.25, 0.3) is 0 Å². The maximum absolute atomic E-state index is 12.6. The SMILES string of the molecule is CC/C=C\CC(O)/C=C\C=C/C/C=C\C/C=C\C/C=C\CCC(=O)OC(CO/C=C\CCCCCCCCCCCCCC)COP(=O)(O)OCC[N+](C)(C)C. The summed E-state index contributed by atoms with van der Waals surface area (Å²) in [6, 6.07) is 0. The Balaban J connectivity index is 4.49. The van der Waals surface area contributed by atoms with Crippen molar-refractivity contribution in [1.29, 1.82) is 0 Å². The van der Waals surface area contributed by atoms with Gasteiger partial charge in [0.1, 0.15) is 19.8 Å². The van der Waals surface area contributed by atoms with Crippen molar-refractivity contribution in [2.24, 2.45) is 0 Å². The predicted molar refractivity (Wildman–Crippen MR) is 234 cm³/mol. The van der Waals surface area contributed by atoms with E-state index in [-0.39, 0.29) is 26.2 Å². The number of carbonyl (C=O) groups is 1. The molecule has 0 radical (unpaired) electrons. The number of ether oxygens (including phenoxy) is 2. The number of aliphatic hydroxyl groups excluding tert-OH is 1. The number of hydrogen-bond donors (Lipinski definition) is 2. The standard InChI is InChI=1S/C46H80NO8P/c1-6-8-10-11-12-13-14-15-19-22-25-28-31-35-40-52-42-45(43-54-56(50,51)53-41-39-47(3,4)5)55-46(49)38-34-30-27-24-21-18-16-17-20-23-26-29-33-37-44(48)36-32-9-7-2/h9,17-18,20-21,26-27,29-30,32-33,35,37,40,44-45,48H,6-8,10-16,19,22-25,28,31,34,36,38-39,41-43H2,1-5H3/p+1/b20-17-,21-18-,29-26-,30-27-,32-9-,37-33-,40-35-. The average Bonchev–Trinajstić information content (AvgIpc) is 3.14. The second kappa shape index (κ2) is 38.0. The van der Waals surface area contributed by atoms with Crippen LogP contribution in [0.5, 0.6) is 0 Å². The topological polar surface area (TPSA) is 112 Å². The Bertz CT molecular complexity index is 1180. The van der Waals surface area contributed by atoms with Crippen LogP contribution in [0.1, 0.15) is 142 Å². The zero-order valence-electron chi connectivity index (χ0n) is 35.9. The zero-order chi connectivity index (χ0) is 41.4. The third-order valence-corrected chi connectivity index (χ3v) is 9.61. The fourth-order valence-electron chi connectivity index (χ4n) is 5.27. The van der Waals surface area contributed by atoms with E-state index < -0.39 is 26.0 Å². The molecule has 0 aliphatic carbocycles. The third kappa shape index (κ3) is 41.1. The summed E-state index contributed by atoms with van der Waals surface area (Å²) in [5, 5.41) is 9.84. The summed E-state index contributed by atoms with van der Waals surface area (Å²) in [7, 11) is 1.55. The molecule has 3 atom stereocenters. The third-order valence-electron chi connectivity index (χ3n) is 8.63. The van der Waals surface area contributed by atoms with Crippen molar-refractivity contribution in [3.63, 3.8) is 0 Å². The lowest BCUT2D eigenvalue weighted by Crippen LogP contribution is -2.37. The van der Waals surface area contributed by atoms with Gasteiger partial charge in [-0.3, -0.25) is 13.8 Å². The molecule has 0 saturated heterocycles. The van der Waals surface area contributed by atoms with Crippen LogP contribution in [0.15, 0.2) is 85.3 Å². The van der Waals surface area contributed by atoms with Crippen molar-refractivity contribution in [2.75, 3.05) is 47.5 Å². The Hall–Kier alpha value is -2.52. The molecule has 0 aromatic carbocycles. The van der Waals surface area contributed by atoms with Crippen LogP contribution < -0.4 is 0 Å². The Labute approximate surface area is 342 Å². The molecule has 0 rings (SSSR count). The number of aliphatic hydroxyl groups is 1. The maximum Gasteiger partial charge on any atom is 0.472 e. The maximum atomic E-state index is 12.6. The van der Waals surface area contributed by atoms with Crippen LogP contribution in [-0.4, -0.2) is 80.2 Å². The number of quaternary nitrogens is 1. The first-order valence-corrected chi connectivity index (χ1v) is 23.0. The van der Waals surface area contributed by atoms with Gasteiger partial charge in [0.2, 0.25) is 0 Å². The Morgan fingerprint density at radius 2 is 1.27 bits per heavy atom. The highest BCUT2D eigenvalue weighted by Gasteiger charge is 2.26. The van der Waals surface area contributed by atoms with Gasteiger partial charge in [0, 0.05) is 6.42 Å². The fraction of sp³-hybridized carbons (Fsp3) is 0.674. The van der Waals surface area contributed by atoms with Gasteiger partial charge in [-0.25, -0.2) is 4.57 Å². The molecule has 0 bridgehead atoms. The van der Waals surface area contributed by atoms with Crippen LogP contribution in [0.3, 0.4) is 0 Å². The number of phosphoric ester groups is 1. The van der Waals surface area contributed by atoms with Crippen LogP contribution >= 0.6 is 7.82 Å². The molecular weight excluding hydrogens is 725 g/mol. The van der Waals surface area contributed by atoms with E-state index in [4.69, 9.17) is 18.5 Å². The second-order valence-electron chi connectivity index (χ2n) is 15.3. The van der Waals surface area contributed by atoms with Crippen LogP contribution in [0.2, 0.25) is 0 Å². The molecule has 0 amide bonds. The molecule has 0 aromatic heterocycles. The number of unbranched alkanes of at least 4 members (excludes halogenated alkanes) is 12. The Kier molecular flexibility index (Phi) is 36.3. The van der Waals surface area contributed by atoms with Crippen molar-refractivity contribution in [3.8, 4) is 0 Å². The van der Waals surface area contributed by atoms with E-state index in [1.54, 1.807) is 12.3 Å². The van der Waals surface area contributed by atoms with Gasteiger partial charge >= 0.3 is 13.8 Å². The molecule has 0 aromatic rings. The summed E-state index contributed by atoms with van der Waals surface area (Å²) >= 11 is 0. The highest BCUT2D eigenvalue weighted by molar-refractivity contribution is 7.47. The fourth-order valence-corrected chi connectivity index (χ4v) is 6.02.